The van der Waals surface area contributed by atoms with Crippen molar-refractivity contribution in [1.82, 2.24) is 10.3 Å². The Kier molecular flexibility index (Phi) is 4.40. The maximum absolute atomic E-state index is 9.90. The Morgan fingerprint density at radius 2 is 2.14 bits per heavy atom. The Morgan fingerprint density at radius 1 is 1.45 bits per heavy atom. The van der Waals surface area contributed by atoms with Gasteiger partial charge in [-0.25, -0.2) is 0 Å². The first-order valence-corrected chi connectivity index (χ1v) is 8.55. The fourth-order valence-electron chi connectivity index (χ4n) is 3.06. The van der Waals surface area contributed by atoms with Crippen molar-refractivity contribution in [3.8, 4) is 0 Å². The molecule has 1 heterocycles. The number of aliphatic hydroxyl groups excluding tert-OH is 1. The van der Waals surface area contributed by atoms with Crippen LogP contribution in [0.3, 0.4) is 0 Å². The van der Waals surface area contributed by atoms with Crippen molar-refractivity contribution in [3.63, 3.8) is 0 Å². The molecule has 2 N–H and O–H groups in total. The molecule has 0 aromatic heterocycles. The number of rotatable bonds is 5. The highest BCUT2D eigenvalue weighted by Gasteiger charge is 2.60. The monoisotopic (exact) mass is 359 g/mol. The van der Waals surface area contributed by atoms with E-state index in [0.717, 1.165) is 18.5 Å². The van der Waals surface area contributed by atoms with Crippen LogP contribution in [0.1, 0.15) is 26.2 Å². The average Bonchev–Trinajstić information content (AvgIpc) is 3.09. The van der Waals surface area contributed by atoms with Gasteiger partial charge in [-0.05, 0) is 31.9 Å². The van der Waals surface area contributed by atoms with Crippen molar-refractivity contribution in [2.24, 2.45) is 0 Å². The van der Waals surface area contributed by atoms with Crippen LogP contribution in [0.25, 0.3) is 0 Å². The minimum Gasteiger partial charge on any atom is -0.393 e. The normalized spacial score (nSPS) is 28.6. The number of aliphatic hydroxyl groups is 1. The molecule has 2 atom stereocenters. The van der Waals surface area contributed by atoms with E-state index in [1.165, 1.54) is 0 Å². The maximum atomic E-state index is 9.90. The number of halogens is 2. The van der Waals surface area contributed by atoms with Gasteiger partial charge < -0.3 is 5.11 Å². The molecule has 4 nitrogen and oxygen atoms in total. The lowest BCUT2D eigenvalue weighted by atomic mass is 10.0. The fourth-order valence-corrected chi connectivity index (χ4v) is 3.91. The summed E-state index contributed by atoms with van der Waals surface area (Å²) in [6, 6.07) is 7.66. The third-order valence-electron chi connectivity index (χ3n) is 4.13. The van der Waals surface area contributed by atoms with Gasteiger partial charge >= 0.3 is 0 Å². The molecule has 3 rings (SSSR count). The number of para-hydroxylation sites is 1. The van der Waals surface area contributed by atoms with Gasteiger partial charge in [-0.3, -0.25) is 10.3 Å². The molecular weight excluding hydrogens is 341 g/mol. The van der Waals surface area contributed by atoms with Gasteiger partial charge in [-0.15, -0.1) is 0 Å². The molecule has 1 aliphatic heterocycles. The zero-order valence-electron chi connectivity index (χ0n) is 12.3. The molecule has 1 aliphatic carbocycles. The smallest absolute Gasteiger partial charge is 0.124 e. The van der Waals surface area contributed by atoms with Gasteiger partial charge in [0.15, 0.2) is 0 Å². The Hall–Kier alpha value is -0.430. The highest BCUT2D eigenvalue weighted by Crippen LogP contribution is 2.52. The minimum atomic E-state index is -0.652. The molecule has 0 radical (unpaired) electrons. The number of hydrogen-bond donors (Lipinski definition) is 2. The summed E-state index contributed by atoms with van der Waals surface area (Å²) >= 11 is 18.4. The van der Waals surface area contributed by atoms with Crippen LogP contribution in [0.2, 0.25) is 5.02 Å². The quantitative estimate of drug-likeness (QED) is 0.480. The second-order valence-corrected chi connectivity index (χ2v) is 7.36. The largest absolute Gasteiger partial charge is 0.393 e. The molecule has 1 aromatic rings. The second kappa shape index (κ2) is 5.89. The SMILES string of the molecule is CC(O)CC1(C=S)NCN(c2ccccc2Cl)N1C1(Cl)CC1. The van der Waals surface area contributed by atoms with Crippen LogP contribution in [0.4, 0.5) is 5.69 Å². The van der Waals surface area contributed by atoms with E-state index in [9.17, 15) is 5.11 Å². The van der Waals surface area contributed by atoms with Gasteiger partial charge in [0.25, 0.3) is 0 Å². The topological polar surface area (TPSA) is 38.7 Å². The molecule has 7 heteroatoms. The highest BCUT2D eigenvalue weighted by atomic mass is 35.5. The van der Waals surface area contributed by atoms with Crippen molar-refractivity contribution in [2.45, 2.75) is 43.0 Å². The Balaban J connectivity index is 2.02. The molecule has 0 bridgehead atoms. The standard InChI is InChI=1S/C15H19Cl2N3OS/c1-11(21)8-15(9-22)18-10-19(20(15)14(17)6-7-14)13-5-3-2-4-12(13)16/h2-5,9,11,18,21H,6-8,10H2,1H3. The van der Waals surface area contributed by atoms with Gasteiger partial charge in [-0.1, -0.05) is 47.6 Å². The van der Waals surface area contributed by atoms with Gasteiger partial charge in [-0.2, -0.15) is 5.01 Å². The van der Waals surface area contributed by atoms with Crippen molar-refractivity contribution < 1.29 is 5.11 Å². The van der Waals surface area contributed by atoms with E-state index in [4.69, 9.17) is 35.4 Å². The number of hydrogen-bond acceptors (Lipinski definition) is 5. The van der Waals surface area contributed by atoms with Crippen LogP contribution in [0.15, 0.2) is 24.3 Å². The summed E-state index contributed by atoms with van der Waals surface area (Å²) in [7, 11) is 0. The van der Waals surface area contributed by atoms with Crippen LogP contribution >= 0.6 is 35.4 Å². The third-order valence-corrected chi connectivity index (χ3v) is 5.38. The summed E-state index contributed by atoms with van der Waals surface area (Å²) in [5.74, 6) is 0. The number of nitrogens with one attached hydrogen (secondary N) is 1. The number of hydrazine groups is 1. The summed E-state index contributed by atoms with van der Waals surface area (Å²) in [5, 5.41) is 19.7. The summed E-state index contributed by atoms with van der Waals surface area (Å²) < 4.78 is 0. The zero-order chi connectivity index (χ0) is 16.0. The molecule has 2 fully saturated rings. The van der Waals surface area contributed by atoms with Crippen LogP contribution in [0, 0.1) is 0 Å². The summed E-state index contributed by atoms with van der Waals surface area (Å²) in [5.41, 5.74) is 0.230. The first-order valence-electron chi connectivity index (χ1n) is 7.32. The van der Waals surface area contributed by atoms with Crippen molar-refractivity contribution >= 4 is 46.5 Å². The van der Waals surface area contributed by atoms with Crippen molar-refractivity contribution in [1.29, 1.82) is 0 Å². The predicted molar refractivity (Wildman–Crippen MR) is 94.3 cm³/mol. The molecule has 1 aromatic carbocycles. The molecule has 1 saturated heterocycles. The predicted octanol–water partition coefficient (Wildman–Crippen LogP) is 3.12. The highest BCUT2D eigenvalue weighted by molar-refractivity contribution is 7.79. The van der Waals surface area contributed by atoms with E-state index in [-0.39, 0.29) is 0 Å². The molecule has 2 aliphatic rings. The summed E-state index contributed by atoms with van der Waals surface area (Å²) in [6.45, 7) is 2.30. The molecule has 2 unspecified atom stereocenters. The summed E-state index contributed by atoms with van der Waals surface area (Å²) in [4.78, 5) is -0.479. The molecule has 1 saturated carbocycles. The lowest BCUT2D eigenvalue weighted by molar-refractivity contribution is 0.0794. The zero-order valence-corrected chi connectivity index (χ0v) is 14.6. The lowest BCUT2D eigenvalue weighted by Crippen LogP contribution is -2.60. The van der Waals surface area contributed by atoms with Gasteiger partial charge in [0.2, 0.25) is 0 Å². The molecular formula is C15H19Cl2N3OS. The van der Waals surface area contributed by atoms with Gasteiger partial charge in [0.1, 0.15) is 10.7 Å². The van der Waals surface area contributed by atoms with E-state index in [2.05, 4.69) is 10.3 Å². The van der Waals surface area contributed by atoms with Crippen LogP contribution < -0.4 is 10.3 Å². The Labute approximate surface area is 146 Å². The first-order chi connectivity index (χ1) is 10.4. The van der Waals surface area contributed by atoms with Crippen LogP contribution in [-0.4, -0.2) is 38.9 Å². The molecule has 0 spiro atoms. The van der Waals surface area contributed by atoms with E-state index >= 15 is 0 Å². The Morgan fingerprint density at radius 3 is 2.68 bits per heavy atom. The molecule has 0 amide bonds. The number of anilines is 1. The first kappa shape index (κ1) is 16.4. The second-order valence-electron chi connectivity index (χ2n) is 6.01. The summed E-state index contributed by atoms with van der Waals surface area (Å²) in [6.07, 6.45) is 1.72. The fraction of sp³-hybridized carbons (Fsp3) is 0.533. The number of benzene rings is 1. The van der Waals surface area contributed by atoms with Crippen molar-refractivity contribution in [2.75, 3.05) is 11.7 Å². The van der Waals surface area contributed by atoms with Gasteiger partial charge in [0.05, 0.1) is 23.5 Å². The minimum absolute atomic E-state index is 0.464. The van der Waals surface area contributed by atoms with Crippen molar-refractivity contribution in [3.05, 3.63) is 29.3 Å². The number of alkyl halides is 1. The lowest BCUT2D eigenvalue weighted by Gasteiger charge is -2.42. The number of thiocarbonyl (C=S) groups is 1. The molecule has 22 heavy (non-hydrogen) atoms. The van der Waals surface area contributed by atoms with E-state index in [0.29, 0.717) is 18.1 Å². The van der Waals surface area contributed by atoms with E-state index in [1.807, 2.05) is 29.3 Å². The average molecular weight is 360 g/mol. The maximum Gasteiger partial charge on any atom is 0.124 e. The van der Waals surface area contributed by atoms with Gasteiger partial charge in [0, 0.05) is 11.8 Å². The Bertz CT molecular complexity index is 582. The van der Waals surface area contributed by atoms with E-state index < -0.39 is 16.8 Å². The molecule has 120 valence electrons. The third kappa shape index (κ3) is 2.75. The van der Waals surface area contributed by atoms with Crippen LogP contribution in [-0.2, 0) is 0 Å². The number of nitrogens with zero attached hydrogens (tertiary/aromatic N) is 2. The van der Waals surface area contributed by atoms with Crippen LogP contribution in [0.5, 0.6) is 0 Å². The van der Waals surface area contributed by atoms with E-state index in [1.54, 1.807) is 12.3 Å².